The number of nitrogens with one attached hydrogen (secondary N) is 1. The number of aromatic nitrogens is 2. The molecule has 0 spiro atoms. The smallest absolute Gasteiger partial charge is 0.258 e. The topological polar surface area (TPSA) is 64.1 Å². The van der Waals surface area contributed by atoms with Gasteiger partial charge in [-0.15, -0.1) is 10.2 Å². The molecule has 0 aliphatic rings. The van der Waals surface area contributed by atoms with Crippen LogP contribution in [0.25, 0.3) is 0 Å². The van der Waals surface area contributed by atoms with Gasteiger partial charge in [-0.1, -0.05) is 30.4 Å². The molecule has 1 aromatic heterocycles. The van der Waals surface area contributed by atoms with Crippen molar-refractivity contribution >= 4 is 38.3 Å². The zero-order valence-electron chi connectivity index (χ0n) is 11.6. The van der Waals surface area contributed by atoms with E-state index in [1.807, 2.05) is 18.2 Å². The maximum atomic E-state index is 12.1. The summed E-state index contributed by atoms with van der Waals surface area (Å²) < 4.78 is 6.16. The standard InChI is InChI=1S/C14H16BrN3O2S/c1-2-8-20-9-7-12-17-18-14(21-12)16-13(19)10-5-3-4-6-11(10)15/h3-6H,2,7-9H2,1H3,(H,16,18,19). The maximum absolute atomic E-state index is 12.1. The fourth-order valence-electron chi connectivity index (χ4n) is 1.62. The van der Waals surface area contributed by atoms with Crippen LogP contribution in [-0.4, -0.2) is 29.3 Å². The number of carbonyl (C=O) groups excluding carboxylic acids is 1. The van der Waals surface area contributed by atoms with Gasteiger partial charge in [-0.2, -0.15) is 0 Å². The lowest BCUT2D eigenvalue weighted by Crippen LogP contribution is -2.12. The van der Waals surface area contributed by atoms with E-state index in [2.05, 4.69) is 38.4 Å². The summed E-state index contributed by atoms with van der Waals surface area (Å²) in [5.41, 5.74) is 0.570. The molecule has 112 valence electrons. The quantitative estimate of drug-likeness (QED) is 0.758. The second-order valence-corrected chi connectivity index (χ2v) is 6.21. The molecular formula is C14H16BrN3O2S. The molecule has 2 aromatic rings. The molecular weight excluding hydrogens is 354 g/mol. The molecule has 0 aliphatic carbocycles. The molecule has 2 rings (SSSR count). The van der Waals surface area contributed by atoms with Crippen LogP contribution >= 0.6 is 27.3 Å². The highest BCUT2D eigenvalue weighted by Gasteiger charge is 2.12. The minimum Gasteiger partial charge on any atom is -0.381 e. The highest BCUT2D eigenvalue weighted by molar-refractivity contribution is 9.10. The Morgan fingerprint density at radius 1 is 1.33 bits per heavy atom. The minimum absolute atomic E-state index is 0.201. The highest BCUT2D eigenvalue weighted by Crippen LogP contribution is 2.20. The number of nitrogens with zero attached hydrogens (tertiary/aromatic N) is 2. The monoisotopic (exact) mass is 369 g/mol. The van der Waals surface area contributed by atoms with E-state index in [1.54, 1.807) is 6.07 Å². The summed E-state index contributed by atoms with van der Waals surface area (Å²) in [6, 6.07) is 7.25. The third-order valence-corrected chi connectivity index (χ3v) is 4.20. The maximum Gasteiger partial charge on any atom is 0.258 e. The Hall–Kier alpha value is -1.31. The molecule has 0 atom stereocenters. The van der Waals surface area contributed by atoms with E-state index in [0.717, 1.165) is 22.5 Å². The number of hydrogen-bond acceptors (Lipinski definition) is 5. The summed E-state index contributed by atoms with van der Waals surface area (Å²) in [6.07, 6.45) is 1.71. The van der Waals surface area contributed by atoms with Gasteiger partial charge in [-0.05, 0) is 34.5 Å². The molecule has 0 aliphatic heterocycles. The van der Waals surface area contributed by atoms with Crippen LogP contribution in [0.1, 0.15) is 28.7 Å². The van der Waals surface area contributed by atoms with Crippen LogP contribution in [0.4, 0.5) is 5.13 Å². The van der Waals surface area contributed by atoms with Crippen LogP contribution in [0.2, 0.25) is 0 Å². The van der Waals surface area contributed by atoms with Crippen LogP contribution in [0.15, 0.2) is 28.7 Å². The van der Waals surface area contributed by atoms with Gasteiger partial charge < -0.3 is 4.74 Å². The number of benzene rings is 1. The van der Waals surface area contributed by atoms with Gasteiger partial charge in [0.15, 0.2) is 0 Å². The van der Waals surface area contributed by atoms with Crippen LogP contribution in [-0.2, 0) is 11.2 Å². The van der Waals surface area contributed by atoms with Gasteiger partial charge in [0.2, 0.25) is 5.13 Å². The molecule has 1 aromatic carbocycles. The van der Waals surface area contributed by atoms with Crippen molar-refractivity contribution in [2.45, 2.75) is 19.8 Å². The second kappa shape index (κ2) is 8.21. The number of anilines is 1. The SMILES string of the molecule is CCCOCCc1nnc(NC(=O)c2ccccc2Br)s1. The molecule has 0 bridgehead atoms. The minimum atomic E-state index is -0.201. The van der Waals surface area contributed by atoms with Crippen LogP contribution in [0, 0.1) is 0 Å². The Bertz CT molecular complexity index is 603. The molecule has 1 N–H and O–H groups in total. The van der Waals surface area contributed by atoms with E-state index in [-0.39, 0.29) is 5.91 Å². The average molecular weight is 370 g/mol. The highest BCUT2D eigenvalue weighted by atomic mass is 79.9. The molecule has 7 heteroatoms. The Morgan fingerprint density at radius 3 is 2.90 bits per heavy atom. The lowest BCUT2D eigenvalue weighted by Gasteiger charge is -2.02. The van der Waals surface area contributed by atoms with E-state index in [1.165, 1.54) is 11.3 Å². The Balaban J connectivity index is 1.90. The summed E-state index contributed by atoms with van der Waals surface area (Å²) in [6.45, 7) is 3.45. The fraction of sp³-hybridized carbons (Fsp3) is 0.357. The first kappa shape index (κ1) is 16.1. The Kier molecular flexibility index (Phi) is 6.28. The van der Waals surface area contributed by atoms with Crippen molar-refractivity contribution < 1.29 is 9.53 Å². The molecule has 0 saturated heterocycles. The number of halogens is 1. The average Bonchev–Trinajstić information content (AvgIpc) is 2.91. The van der Waals surface area contributed by atoms with Crippen molar-refractivity contribution in [2.75, 3.05) is 18.5 Å². The van der Waals surface area contributed by atoms with Crippen molar-refractivity contribution in [1.29, 1.82) is 0 Å². The van der Waals surface area contributed by atoms with Gasteiger partial charge in [-0.3, -0.25) is 10.1 Å². The third kappa shape index (κ3) is 4.87. The third-order valence-electron chi connectivity index (χ3n) is 2.61. The fourth-order valence-corrected chi connectivity index (χ4v) is 2.80. The van der Waals surface area contributed by atoms with Gasteiger partial charge in [-0.25, -0.2) is 0 Å². The summed E-state index contributed by atoms with van der Waals surface area (Å²) in [5, 5.41) is 12.1. The molecule has 5 nitrogen and oxygen atoms in total. The zero-order chi connectivity index (χ0) is 15.1. The van der Waals surface area contributed by atoms with E-state index in [4.69, 9.17) is 4.74 Å². The van der Waals surface area contributed by atoms with Gasteiger partial charge in [0.25, 0.3) is 5.91 Å². The molecule has 21 heavy (non-hydrogen) atoms. The zero-order valence-corrected chi connectivity index (χ0v) is 14.0. The van der Waals surface area contributed by atoms with Gasteiger partial charge in [0.1, 0.15) is 5.01 Å². The largest absolute Gasteiger partial charge is 0.381 e. The van der Waals surface area contributed by atoms with Gasteiger partial charge >= 0.3 is 0 Å². The van der Waals surface area contributed by atoms with Gasteiger partial charge in [0, 0.05) is 17.5 Å². The summed E-state index contributed by atoms with van der Waals surface area (Å²) >= 11 is 4.72. The molecule has 0 radical (unpaired) electrons. The first-order valence-electron chi connectivity index (χ1n) is 6.66. The number of ether oxygens (including phenoxy) is 1. The first-order valence-corrected chi connectivity index (χ1v) is 8.27. The number of amides is 1. The predicted octanol–water partition coefficient (Wildman–Crippen LogP) is 3.52. The van der Waals surface area contributed by atoms with Gasteiger partial charge in [0.05, 0.1) is 12.2 Å². The van der Waals surface area contributed by atoms with Crippen LogP contribution < -0.4 is 5.32 Å². The molecule has 0 unspecified atom stereocenters. The Labute approximate surface area is 135 Å². The number of hydrogen-bond donors (Lipinski definition) is 1. The molecule has 0 saturated carbocycles. The molecule has 1 amide bonds. The van der Waals surface area contributed by atoms with E-state index in [0.29, 0.717) is 23.7 Å². The molecule has 1 heterocycles. The van der Waals surface area contributed by atoms with Crippen molar-refractivity contribution in [2.24, 2.45) is 0 Å². The van der Waals surface area contributed by atoms with Crippen LogP contribution in [0.3, 0.4) is 0 Å². The Morgan fingerprint density at radius 2 is 2.14 bits per heavy atom. The number of carbonyl (C=O) groups is 1. The van der Waals surface area contributed by atoms with Crippen molar-refractivity contribution in [1.82, 2.24) is 10.2 Å². The van der Waals surface area contributed by atoms with Crippen molar-refractivity contribution in [3.63, 3.8) is 0 Å². The summed E-state index contributed by atoms with van der Waals surface area (Å²) in [4.78, 5) is 12.1. The molecule has 0 fully saturated rings. The lowest BCUT2D eigenvalue weighted by atomic mass is 10.2. The van der Waals surface area contributed by atoms with Crippen molar-refractivity contribution in [3.05, 3.63) is 39.3 Å². The lowest BCUT2D eigenvalue weighted by molar-refractivity contribution is 0.102. The normalized spacial score (nSPS) is 10.6. The van der Waals surface area contributed by atoms with Crippen molar-refractivity contribution in [3.8, 4) is 0 Å². The predicted molar refractivity (Wildman–Crippen MR) is 86.8 cm³/mol. The van der Waals surface area contributed by atoms with E-state index in [9.17, 15) is 4.79 Å². The number of rotatable bonds is 7. The van der Waals surface area contributed by atoms with E-state index >= 15 is 0 Å². The second-order valence-electron chi connectivity index (χ2n) is 4.30. The first-order chi connectivity index (χ1) is 10.2. The van der Waals surface area contributed by atoms with E-state index < -0.39 is 0 Å². The summed E-state index contributed by atoms with van der Waals surface area (Å²) in [7, 11) is 0. The summed E-state index contributed by atoms with van der Waals surface area (Å²) in [5.74, 6) is -0.201. The van der Waals surface area contributed by atoms with Crippen LogP contribution in [0.5, 0.6) is 0 Å².